The summed E-state index contributed by atoms with van der Waals surface area (Å²) in [5.41, 5.74) is 3.44. The molecule has 0 aliphatic heterocycles. The predicted octanol–water partition coefficient (Wildman–Crippen LogP) is 3.38. The Balaban J connectivity index is 2.12. The van der Waals surface area contributed by atoms with Crippen molar-refractivity contribution in [1.82, 2.24) is 5.32 Å². The lowest BCUT2D eigenvalue weighted by Gasteiger charge is -2.09. The Morgan fingerprint density at radius 1 is 1.42 bits per heavy atom. The average Bonchev–Trinajstić information content (AvgIpc) is 2.81. The maximum absolute atomic E-state index is 12.1. The molecule has 100 valence electrons. The van der Waals surface area contributed by atoms with E-state index in [1.54, 1.807) is 29.5 Å². The Bertz CT molecular complexity index is 602. The van der Waals surface area contributed by atoms with Crippen molar-refractivity contribution < 1.29 is 4.79 Å². The number of amides is 1. The number of hydrazine groups is 1. The monoisotopic (exact) mass is 359 g/mol. The van der Waals surface area contributed by atoms with Gasteiger partial charge < -0.3 is 10.7 Å². The highest BCUT2D eigenvalue weighted by Crippen LogP contribution is 2.23. The van der Waals surface area contributed by atoms with Crippen LogP contribution >= 0.6 is 38.9 Å². The summed E-state index contributed by atoms with van der Waals surface area (Å²) in [6, 6.07) is 6.86. The standard InChI is InChI=1S/C12H11BrClN3OS/c13-9-3-4-19-11(9)6-16-12(18)8-5-7(14)1-2-10(8)17-15/h1-5,17H,6,15H2,(H,16,18). The molecule has 0 spiro atoms. The highest BCUT2D eigenvalue weighted by molar-refractivity contribution is 9.10. The fourth-order valence-corrected chi connectivity index (χ4v) is 3.14. The topological polar surface area (TPSA) is 67.1 Å². The lowest BCUT2D eigenvalue weighted by molar-refractivity contribution is 0.0952. The van der Waals surface area contributed by atoms with Gasteiger partial charge in [-0.1, -0.05) is 11.6 Å². The van der Waals surface area contributed by atoms with Crippen LogP contribution in [0.1, 0.15) is 15.2 Å². The van der Waals surface area contributed by atoms with Crippen molar-refractivity contribution in [3.05, 3.63) is 49.6 Å². The fraction of sp³-hybridized carbons (Fsp3) is 0.0833. The zero-order valence-corrected chi connectivity index (χ0v) is 12.9. The summed E-state index contributed by atoms with van der Waals surface area (Å²) < 4.78 is 0.987. The van der Waals surface area contributed by atoms with E-state index < -0.39 is 0 Å². The van der Waals surface area contributed by atoms with Crippen LogP contribution in [0.3, 0.4) is 0 Å². The summed E-state index contributed by atoms with van der Waals surface area (Å²) in [6.07, 6.45) is 0. The van der Waals surface area contributed by atoms with Crippen LogP contribution in [0.5, 0.6) is 0 Å². The first kappa shape index (κ1) is 14.3. The van der Waals surface area contributed by atoms with Gasteiger partial charge in [0.05, 0.1) is 17.8 Å². The van der Waals surface area contributed by atoms with Crippen molar-refractivity contribution in [2.45, 2.75) is 6.54 Å². The molecule has 0 aliphatic rings. The second-order valence-corrected chi connectivity index (χ2v) is 6.00. The number of hydrogen-bond donors (Lipinski definition) is 3. The van der Waals surface area contributed by atoms with Crippen LogP contribution in [-0.2, 0) is 6.54 Å². The van der Waals surface area contributed by atoms with Gasteiger partial charge in [-0.15, -0.1) is 11.3 Å². The van der Waals surface area contributed by atoms with Crippen LogP contribution in [0.15, 0.2) is 34.1 Å². The van der Waals surface area contributed by atoms with Crippen molar-refractivity contribution >= 4 is 50.5 Å². The second kappa shape index (κ2) is 6.38. The molecule has 0 fully saturated rings. The summed E-state index contributed by atoms with van der Waals surface area (Å²) in [4.78, 5) is 13.2. The Morgan fingerprint density at radius 3 is 2.84 bits per heavy atom. The van der Waals surface area contributed by atoms with Gasteiger partial charge in [-0.25, -0.2) is 0 Å². The average molecular weight is 361 g/mol. The van der Waals surface area contributed by atoms with Crippen molar-refractivity contribution in [3.8, 4) is 0 Å². The molecule has 4 N–H and O–H groups in total. The predicted molar refractivity (Wildman–Crippen MR) is 82.5 cm³/mol. The van der Waals surface area contributed by atoms with Crippen LogP contribution in [-0.4, -0.2) is 5.91 Å². The van der Waals surface area contributed by atoms with Gasteiger partial charge in [-0.3, -0.25) is 10.6 Å². The first-order valence-corrected chi connectivity index (χ1v) is 7.43. The number of nitrogen functional groups attached to an aromatic ring is 1. The number of halogens is 2. The summed E-state index contributed by atoms with van der Waals surface area (Å²) >= 11 is 10.9. The largest absolute Gasteiger partial charge is 0.347 e. The van der Waals surface area contributed by atoms with Gasteiger partial charge in [0.25, 0.3) is 5.91 Å². The van der Waals surface area contributed by atoms with Crippen LogP contribution in [0, 0.1) is 0 Å². The van der Waals surface area contributed by atoms with Gasteiger partial charge in [0.2, 0.25) is 0 Å². The molecule has 19 heavy (non-hydrogen) atoms. The highest BCUT2D eigenvalue weighted by atomic mass is 79.9. The Kier molecular flexibility index (Phi) is 4.81. The molecule has 0 bridgehead atoms. The smallest absolute Gasteiger partial charge is 0.253 e. The normalized spacial score (nSPS) is 10.3. The number of carbonyl (C=O) groups excluding carboxylic acids is 1. The van der Waals surface area contributed by atoms with Crippen molar-refractivity contribution in [2.75, 3.05) is 5.43 Å². The Morgan fingerprint density at radius 2 is 2.21 bits per heavy atom. The van der Waals surface area contributed by atoms with Crippen LogP contribution in [0.4, 0.5) is 5.69 Å². The first-order valence-electron chi connectivity index (χ1n) is 5.38. The number of anilines is 1. The van der Waals surface area contributed by atoms with Gasteiger partial charge in [0.1, 0.15) is 0 Å². The fourth-order valence-electron chi connectivity index (χ4n) is 1.54. The number of nitrogens with two attached hydrogens (primary N) is 1. The molecule has 1 amide bonds. The molecule has 2 rings (SSSR count). The summed E-state index contributed by atoms with van der Waals surface area (Å²) in [7, 11) is 0. The molecule has 0 saturated heterocycles. The number of nitrogens with one attached hydrogen (secondary N) is 2. The van der Waals surface area contributed by atoms with E-state index in [9.17, 15) is 4.79 Å². The molecule has 1 aromatic carbocycles. The summed E-state index contributed by atoms with van der Waals surface area (Å²) in [5.74, 6) is 5.15. The van der Waals surface area contributed by atoms with E-state index in [1.807, 2.05) is 11.4 Å². The van der Waals surface area contributed by atoms with Gasteiger partial charge in [0.15, 0.2) is 0 Å². The molecule has 0 saturated carbocycles. The lowest BCUT2D eigenvalue weighted by Crippen LogP contribution is -2.24. The van der Waals surface area contributed by atoms with E-state index in [0.717, 1.165) is 9.35 Å². The van der Waals surface area contributed by atoms with E-state index in [2.05, 4.69) is 26.7 Å². The number of carbonyl (C=O) groups is 1. The third-order valence-electron chi connectivity index (χ3n) is 2.48. The van der Waals surface area contributed by atoms with Crippen LogP contribution in [0.2, 0.25) is 5.02 Å². The SMILES string of the molecule is NNc1ccc(Cl)cc1C(=O)NCc1sccc1Br. The Hall–Kier alpha value is -1.08. The molecule has 7 heteroatoms. The van der Waals surface area contributed by atoms with E-state index in [-0.39, 0.29) is 5.91 Å². The van der Waals surface area contributed by atoms with Crippen molar-refractivity contribution in [2.24, 2.45) is 5.84 Å². The molecule has 1 heterocycles. The van der Waals surface area contributed by atoms with Gasteiger partial charge in [0, 0.05) is 14.4 Å². The maximum atomic E-state index is 12.1. The number of hydrogen-bond acceptors (Lipinski definition) is 4. The molecule has 0 radical (unpaired) electrons. The quantitative estimate of drug-likeness (QED) is 0.578. The molecule has 4 nitrogen and oxygen atoms in total. The van der Waals surface area contributed by atoms with Crippen LogP contribution < -0.4 is 16.6 Å². The zero-order valence-electron chi connectivity index (χ0n) is 9.74. The highest BCUT2D eigenvalue weighted by Gasteiger charge is 2.12. The first-order chi connectivity index (χ1) is 9.11. The lowest BCUT2D eigenvalue weighted by atomic mass is 10.1. The van der Waals surface area contributed by atoms with Crippen molar-refractivity contribution in [3.63, 3.8) is 0 Å². The van der Waals surface area contributed by atoms with Crippen LogP contribution in [0.25, 0.3) is 0 Å². The third kappa shape index (κ3) is 3.48. The van der Waals surface area contributed by atoms with Gasteiger partial charge in [-0.2, -0.15) is 0 Å². The maximum Gasteiger partial charge on any atom is 0.253 e. The molecule has 2 aromatic rings. The molecule has 0 aliphatic carbocycles. The van der Waals surface area contributed by atoms with E-state index in [4.69, 9.17) is 17.4 Å². The minimum absolute atomic E-state index is 0.226. The molecular formula is C12H11BrClN3OS. The van der Waals surface area contributed by atoms with Gasteiger partial charge in [-0.05, 0) is 45.6 Å². The minimum Gasteiger partial charge on any atom is -0.347 e. The van der Waals surface area contributed by atoms with E-state index >= 15 is 0 Å². The summed E-state index contributed by atoms with van der Waals surface area (Å²) in [5, 5.41) is 5.28. The van der Waals surface area contributed by atoms with Crippen molar-refractivity contribution in [1.29, 1.82) is 0 Å². The van der Waals surface area contributed by atoms with E-state index in [0.29, 0.717) is 22.8 Å². The minimum atomic E-state index is -0.226. The molecule has 0 atom stereocenters. The summed E-state index contributed by atoms with van der Waals surface area (Å²) in [6.45, 7) is 0.452. The van der Waals surface area contributed by atoms with Gasteiger partial charge >= 0.3 is 0 Å². The zero-order chi connectivity index (χ0) is 13.8. The number of thiophene rings is 1. The molecule has 1 aromatic heterocycles. The Labute approximate surface area is 128 Å². The molecule has 0 unspecified atom stereocenters. The third-order valence-corrected chi connectivity index (χ3v) is 4.64. The second-order valence-electron chi connectivity index (χ2n) is 3.71. The number of benzene rings is 1. The molecular weight excluding hydrogens is 350 g/mol. The number of rotatable bonds is 4. The van der Waals surface area contributed by atoms with E-state index in [1.165, 1.54) is 0 Å².